The first-order valence-corrected chi connectivity index (χ1v) is 11.1. The van der Waals surface area contributed by atoms with Gasteiger partial charge in [0, 0.05) is 6.54 Å². The monoisotopic (exact) mass is 478 g/mol. The molecule has 2 amide bonds. The summed E-state index contributed by atoms with van der Waals surface area (Å²) in [6.45, 7) is 10.0. The van der Waals surface area contributed by atoms with Gasteiger partial charge < -0.3 is 14.8 Å². The molecule has 7 heteroatoms. The number of nitrogens with one attached hydrogen (secondary N) is 1. The minimum atomic E-state index is -0.664. The fraction of sp³-hybridized carbons (Fsp3) is 0.565. The first-order chi connectivity index (χ1) is 14.0. The van der Waals surface area contributed by atoms with Crippen LogP contribution in [0.1, 0.15) is 52.6 Å². The molecule has 30 heavy (non-hydrogen) atoms. The van der Waals surface area contributed by atoms with Crippen LogP contribution in [0.5, 0.6) is 5.75 Å². The van der Waals surface area contributed by atoms with Crippen LogP contribution >= 0.6 is 15.9 Å². The highest BCUT2D eigenvalue weighted by molar-refractivity contribution is 9.10. The van der Waals surface area contributed by atoms with E-state index in [4.69, 9.17) is 9.47 Å². The van der Waals surface area contributed by atoms with Crippen LogP contribution in [-0.2, 0) is 9.53 Å². The minimum Gasteiger partial charge on any atom is -0.496 e. The molecule has 1 aliphatic carbocycles. The molecule has 1 fully saturated rings. The van der Waals surface area contributed by atoms with Crippen LogP contribution in [0.2, 0.25) is 0 Å². The molecule has 1 N–H and O–H groups in total. The average Bonchev–Trinajstić information content (AvgIpc) is 3.21. The Balaban J connectivity index is 1.76. The summed E-state index contributed by atoms with van der Waals surface area (Å²) in [5.74, 6) is 1.56. The number of hydrogen-bond donors (Lipinski definition) is 1. The van der Waals surface area contributed by atoms with E-state index in [0.717, 1.165) is 22.0 Å². The van der Waals surface area contributed by atoms with Crippen molar-refractivity contribution >= 4 is 27.9 Å². The number of halogens is 1. The highest BCUT2D eigenvalue weighted by Crippen LogP contribution is 2.46. The zero-order valence-corrected chi connectivity index (χ0v) is 20.1. The van der Waals surface area contributed by atoms with Crippen molar-refractivity contribution in [3.63, 3.8) is 0 Å². The van der Waals surface area contributed by atoms with Gasteiger partial charge in [0.05, 0.1) is 17.6 Å². The van der Waals surface area contributed by atoms with E-state index >= 15 is 0 Å². The lowest BCUT2D eigenvalue weighted by molar-refractivity contribution is -0.125. The molecule has 1 aliphatic heterocycles. The van der Waals surface area contributed by atoms with Gasteiger partial charge in [-0.05, 0) is 85.2 Å². The third-order valence-corrected chi connectivity index (χ3v) is 6.23. The zero-order chi connectivity index (χ0) is 22.2. The summed E-state index contributed by atoms with van der Waals surface area (Å²) in [6.07, 6.45) is 2.60. The largest absolute Gasteiger partial charge is 0.496 e. The molecule has 0 radical (unpaired) electrons. The van der Waals surface area contributed by atoms with Crippen LogP contribution in [-0.4, -0.2) is 42.2 Å². The minimum absolute atomic E-state index is 0.210. The van der Waals surface area contributed by atoms with Crippen LogP contribution in [0, 0.1) is 11.8 Å². The Morgan fingerprint density at radius 3 is 2.53 bits per heavy atom. The number of rotatable bonds is 5. The molecule has 3 rings (SSSR count). The molecule has 1 aromatic carbocycles. The Kier molecular flexibility index (Phi) is 6.51. The van der Waals surface area contributed by atoms with Crippen LogP contribution < -0.4 is 10.1 Å². The number of hydrogen-bond acceptors (Lipinski definition) is 4. The second kappa shape index (κ2) is 8.61. The van der Waals surface area contributed by atoms with Crippen molar-refractivity contribution in [1.82, 2.24) is 10.2 Å². The van der Waals surface area contributed by atoms with Gasteiger partial charge in [0.1, 0.15) is 17.4 Å². The Morgan fingerprint density at radius 2 is 1.97 bits per heavy atom. The second-order valence-corrected chi connectivity index (χ2v) is 10.1. The SMILES string of the molecule is COc1cc([C@H](C)NC(=O)[C@H]2C=C([C@H]3CC3C)CN2C(=O)OC(C)(C)C)ccc1Br. The smallest absolute Gasteiger partial charge is 0.411 e. The van der Waals surface area contributed by atoms with E-state index in [2.05, 4.69) is 28.2 Å². The Labute approximate surface area is 187 Å². The molecule has 0 aromatic heterocycles. The molecule has 1 saturated carbocycles. The summed E-state index contributed by atoms with van der Waals surface area (Å²) in [4.78, 5) is 27.5. The lowest BCUT2D eigenvalue weighted by Gasteiger charge is -2.29. The number of ether oxygens (including phenoxy) is 2. The van der Waals surface area contributed by atoms with Gasteiger partial charge in [-0.2, -0.15) is 0 Å². The molecular formula is C23H31BrN2O4. The fourth-order valence-electron chi connectivity index (χ4n) is 3.76. The van der Waals surface area contributed by atoms with Crippen LogP contribution in [0.3, 0.4) is 0 Å². The summed E-state index contributed by atoms with van der Waals surface area (Å²) in [7, 11) is 1.61. The van der Waals surface area contributed by atoms with Crippen molar-refractivity contribution in [2.75, 3.05) is 13.7 Å². The van der Waals surface area contributed by atoms with E-state index in [1.807, 2.05) is 52.0 Å². The maximum absolute atomic E-state index is 13.2. The maximum Gasteiger partial charge on any atom is 0.411 e. The molecule has 2 aliphatic rings. The van der Waals surface area contributed by atoms with Crippen molar-refractivity contribution in [2.45, 2.75) is 58.7 Å². The van der Waals surface area contributed by atoms with Crippen molar-refractivity contribution < 1.29 is 19.1 Å². The molecular weight excluding hydrogens is 448 g/mol. The van der Waals surface area contributed by atoms with Gasteiger partial charge in [-0.25, -0.2) is 4.79 Å². The van der Waals surface area contributed by atoms with Gasteiger partial charge in [0.25, 0.3) is 0 Å². The van der Waals surface area contributed by atoms with E-state index in [-0.39, 0.29) is 11.9 Å². The van der Waals surface area contributed by atoms with Gasteiger partial charge in [-0.15, -0.1) is 0 Å². The molecule has 4 atom stereocenters. The Morgan fingerprint density at radius 1 is 1.30 bits per heavy atom. The third-order valence-electron chi connectivity index (χ3n) is 5.58. The van der Waals surface area contributed by atoms with Gasteiger partial charge in [0.15, 0.2) is 0 Å². The number of amides is 2. The highest BCUT2D eigenvalue weighted by atomic mass is 79.9. The van der Waals surface area contributed by atoms with Gasteiger partial charge in [-0.3, -0.25) is 9.69 Å². The van der Waals surface area contributed by atoms with E-state index < -0.39 is 17.7 Å². The van der Waals surface area contributed by atoms with Crippen LogP contribution in [0.15, 0.2) is 34.3 Å². The van der Waals surface area contributed by atoms with Crippen molar-refractivity contribution in [1.29, 1.82) is 0 Å². The van der Waals surface area contributed by atoms with Gasteiger partial charge in [-0.1, -0.05) is 19.1 Å². The number of carbonyl (C=O) groups excluding carboxylic acids is 2. The normalized spacial score (nSPS) is 24.2. The van der Waals surface area contributed by atoms with Crippen molar-refractivity contribution in [3.8, 4) is 5.75 Å². The summed E-state index contributed by atoms with van der Waals surface area (Å²) < 4.78 is 11.8. The van der Waals surface area contributed by atoms with E-state index in [1.54, 1.807) is 7.11 Å². The fourth-order valence-corrected chi connectivity index (χ4v) is 4.17. The summed E-state index contributed by atoms with van der Waals surface area (Å²) in [6, 6.07) is 4.82. The topological polar surface area (TPSA) is 67.9 Å². The molecule has 0 bridgehead atoms. The number of methoxy groups -OCH3 is 1. The predicted octanol–water partition coefficient (Wildman–Crippen LogP) is 4.84. The number of carbonyl (C=O) groups is 2. The van der Waals surface area contributed by atoms with E-state index in [0.29, 0.717) is 24.1 Å². The highest BCUT2D eigenvalue weighted by Gasteiger charge is 2.44. The molecule has 6 nitrogen and oxygen atoms in total. The van der Waals surface area contributed by atoms with Crippen LogP contribution in [0.4, 0.5) is 4.79 Å². The third kappa shape index (κ3) is 5.17. The Hall–Kier alpha value is -2.02. The predicted molar refractivity (Wildman–Crippen MR) is 119 cm³/mol. The molecule has 164 valence electrons. The first-order valence-electron chi connectivity index (χ1n) is 10.3. The average molecular weight is 479 g/mol. The molecule has 0 saturated heterocycles. The van der Waals surface area contributed by atoms with Gasteiger partial charge >= 0.3 is 6.09 Å². The maximum atomic E-state index is 13.2. The molecule has 1 heterocycles. The second-order valence-electron chi connectivity index (χ2n) is 9.24. The molecule has 1 unspecified atom stereocenters. The molecule has 0 spiro atoms. The first kappa shape index (κ1) is 22.7. The van der Waals surface area contributed by atoms with Crippen LogP contribution in [0.25, 0.3) is 0 Å². The van der Waals surface area contributed by atoms with E-state index in [1.165, 1.54) is 4.90 Å². The number of benzene rings is 1. The van der Waals surface area contributed by atoms with Gasteiger partial charge in [0.2, 0.25) is 5.91 Å². The standard InChI is InChI=1S/C23H31BrN2O4/c1-13-9-17(13)16-10-19(26(12-16)22(28)30-23(3,4)5)21(27)25-14(2)15-7-8-18(24)20(11-15)29-6/h7-8,10-11,13-14,17,19H,9,12H2,1-6H3,(H,25,27)/t13?,14-,17-,19+/m0/s1. The molecule has 1 aromatic rings. The Bertz CT molecular complexity index is 861. The zero-order valence-electron chi connectivity index (χ0n) is 18.5. The van der Waals surface area contributed by atoms with E-state index in [9.17, 15) is 9.59 Å². The lowest BCUT2D eigenvalue weighted by Crippen LogP contribution is -2.48. The summed E-state index contributed by atoms with van der Waals surface area (Å²) in [5.41, 5.74) is 1.46. The lowest BCUT2D eigenvalue weighted by atomic mass is 10.1. The summed E-state index contributed by atoms with van der Waals surface area (Å²) >= 11 is 3.44. The van der Waals surface area contributed by atoms with Crippen molar-refractivity contribution in [2.24, 2.45) is 11.8 Å². The number of nitrogens with zero attached hydrogens (tertiary/aromatic N) is 1. The summed E-state index contributed by atoms with van der Waals surface area (Å²) in [5, 5.41) is 3.04. The quantitative estimate of drug-likeness (QED) is 0.614. The van der Waals surface area contributed by atoms with Crippen molar-refractivity contribution in [3.05, 3.63) is 39.9 Å².